The number of nitriles is 1. The largest absolute Gasteiger partial charge is 0.342 e. The molecular formula is C10H14N2. The van der Waals surface area contributed by atoms with Gasteiger partial charge in [0.05, 0.1) is 0 Å². The van der Waals surface area contributed by atoms with E-state index in [0.29, 0.717) is 0 Å². The highest BCUT2D eigenvalue weighted by atomic mass is 14.9. The predicted molar refractivity (Wildman–Crippen MR) is 48.8 cm³/mol. The van der Waals surface area contributed by atoms with Gasteiger partial charge < -0.3 is 4.57 Å². The van der Waals surface area contributed by atoms with Crippen LogP contribution < -0.4 is 0 Å². The number of aryl methyl sites for hydroxylation is 1. The van der Waals surface area contributed by atoms with Gasteiger partial charge in [-0.2, -0.15) is 5.26 Å². The zero-order valence-corrected chi connectivity index (χ0v) is 8.05. The number of rotatable bonds is 0. The molecule has 0 amide bonds. The fourth-order valence-corrected chi connectivity index (χ4v) is 1.27. The number of nitrogens with zero attached hydrogens (tertiary/aromatic N) is 2. The molecule has 2 heteroatoms. The van der Waals surface area contributed by atoms with Gasteiger partial charge in [-0.15, -0.1) is 0 Å². The van der Waals surface area contributed by atoms with Crippen molar-refractivity contribution in [2.75, 3.05) is 0 Å². The second-order valence-electron chi connectivity index (χ2n) is 4.05. The van der Waals surface area contributed by atoms with E-state index in [2.05, 4.69) is 26.8 Å². The van der Waals surface area contributed by atoms with E-state index in [0.717, 1.165) is 11.3 Å². The van der Waals surface area contributed by atoms with Crippen molar-refractivity contribution in [2.45, 2.75) is 26.2 Å². The van der Waals surface area contributed by atoms with Gasteiger partial charge in [0.1, 0.15) is 11.8 Å². The summed E-state index contributed by atoms with van der Waals surface area (Å²) in [6, 6.07) is 4.23. The summed E-state index contributed by atoms with van der Waals surface area (Å²) in [5, 5.41) is 8.88. The minimum atomic E-state index is 0.0618. The maximum absolute atomic E-state index is 8.88. The molecule has 2 nitrogen and oxygen atoms in total. The molecule has 0 fully saturated rings. The molecule has 1 rings (SSSR count). The predicted octanol–water partition coefficient (Wildman–Crippen LogP) is 2.19. The van der Waals surface area contributed by atoms with Gasteiger partial charge in [0.15, 0.2) is 0 Å². The number of aromatic nitrogens is 1. The fourth-order valence-electron chi connectivity index (χ4n) is 1.27. The summed E-state index contributed by atoms with van der Waals surface area (Å²) >= 11 is 0. The SMILES string of the molecule is Cn1ccc(C(C)(C)C)c1C#N. The molecule has 1 aromatic rings. The summed E-state index contributed by atoms with van der Waals surface area (Å²) in [6.45, 7) is 6.34. The second kappa shape index (κ2) is 2.67. The van der Waals surface area contributed by atoms with Crippen LogP contribution in [0.5, 0.6) is 0 Å². The van der Waals surface area contributed by atoms with Crippen LogP contribution in [0.4, 0.5) is 0 Å². The lowest BCUT2D eigenvalue weighted by molar-refractivity contribution is 0.587. The third kappa shape index (κ3) is 1.35. The number of hydrogen-bond donors (Lipinski definition) is 0. The summed E-state index contributed by atoms with van der Waals surface area (Å²) in [6.07, 6.45) is 1.93. The van der Waals surface area contributed by atoms with E-state index in [1.807, 2.05) is 23.9 Å². The van der Waals surface area contributed by atoms with Crippen LogP contribution in [-0.4, -0.2) is 4.57 Å². The Labute approximate surface area is 73.4 Å². The van der Waals surface area contributed by atoms with E-state index >= 15 is 0 Å². The van der Waals surface area contributed by atoms with E-state index < -0.39 is 0 Å². The van der Waals surface area contributed by atoms with E-state index in [1.165, 1.54) is 0 Å². The molecule has 0 spiro atoms. The monoisotopic (exact) mass is 162 g/mol. The van der Waals surface area contributed by atoms with Gasteiger partial charge >= 0.3 is 0 Å². The number of hydrogen-bond acceptors (Lipinski definition) is 1. The normalized spacial score (nSPS) is 11.2. The molecule has 0 bridgehead atoms. The molecule has 12 heavy (non-hydrogen) atoms. The van der Waals surface area contributed by atoms with E-state index in [4.69, 9.17) is 5.26 Å². The van der Waals surface area contributed by atoms with Crippen molar-refractivity contribution in [3.63, 3.8) is 0 Å². The Morgan fingerprint density at radius 1 is 1.42 bits per heavy atom. The molecular weight excluding hydrogens is 148 g/mol. The average molecular weight is 162 g/mol. The van der Waals surface area contributed by atoms with Crippen molar-refractivity contribution in [2.24, 2.45) is 7.05 Å². The van der Waals surface area contributed by atoms with Crippen molar-refractivity contribution in [3.8, 4) is 6.07 Å². The van der Waals surface area contributed by atoms with Crippen molar-refractivity contribution < 1.29 is 0 Å². The van der Waals surface area contributed by atoms with Crippen LogP contribution in [0, 0.1) is 11.3 Å². The van der Waals surface area contributed by atoms with Crippen LogP contribution in [0.3, 0.4) is 0 Å². The van der Waals surface area contributed by atoms with E-state index in [9.17, 15) is 0 Å². The molecule has 0 unspecified atom stereocenters. The summed E-state index contributed by atoms with van der Waals surface area (Å²) in [5.41, 5.74) is 1.95. The Kier molecular flexibility index (Phi) is 1.97. The van der Waals surface area contributed by atoms with Gasteiger partial charge in [0.2, 0.25) is 0 Å². The third-order valence-electron chi connectivity index (χ3n) is 1.99. The second-order valence-corrected chi connectivity index (χ2v) is 4.05. The van der Waals surface area contributed by atoms with Gasteiger partial charge in [-0.25, -0.2) is 0 Å². The zero-order valence-electron chi connectivity index (χ0n) is 8.05. The van der Waals surface area contributed by atoms with Crippen molar-refractivity contribution in [1.29, 1.82) is 5.26 Å². The molecule has 0 aliphatic rings. The molecule has 0 atom stereocenters. The highest BCUT2D eigenvalue weighted by Gasteiger charge is 2.19. The zero-order chi connectivity index (χ0) is 9.35. The maximum atomic E-state index is 8.88. The summed E-state index contributed by atoms with van der Waals surface area (Å²) in [7, 11) is 1.90. The standard InChI is InChI=1S/C10H14N2/c1-10(2,3)8-5-6-12(4)9(8)7-11/h5-6H,1-4H3. The lowest BCUT2D eigenvalue weighted by atomic mass is 9.87. The van der Waals surface area contributed by atoms with Crippen LogP contribution >= 0.6 is 0 Å². The molecule has 0 saturated carbocycles. The Hall–Kier alpha value is -1.23. The highest BCUT2D eigenvalue weighted by molar-refractivity contribution is 5.37. The molecule has 0 saturated heterocycles. The Morgan fingerprint density at radius 2 is 2.00 bits per heavy atom. The maximum Gasteiger partial charge on any atom is 0.123 e. The van der Waals surface area contributed by atoms with E-state index in [-0.39, 0.29) is 5.41 Å². The van der Waals surface area contributed by atoms with Crippen LogP contribution in [0.25, 0.3) is 0 Å². The Morgan fingerprint density at radius 3 is 2.33 bits per heavy atom. The summed E-state index contributed by atoms with van der Waals surface area (Å²) in [4.78, 5) is 0. The highest BCUT2D eigenvalue weighted by Crippen LogP contribution is 2.25. The molecule has 0 aliphatic carbocycles. The summed E-state index contributed by atoms with van der Waals surface area (Å²) in [5.74, 6) is 0. The smallest absolute Gasteiger partial charge is 0.123 e. The first-order valence-corrected chi connectivity index (χ1v) is 4.02. The third-order valence-corrected chi connectivity index (χ3v) is 1.99. The van der Waals surface area contributed by atoms with Gasteiger partial charge in [-0.3, -0.25) is 0 Å². The van der Waals surface area contributed by atoms with Crippen LogP contribution in [0.1, 0.15) is 32.0 Å². The quantitative estimate of drug-likeness (QED) is 0.575. The van der Waals surface area contributed by atoms with Crippen molar-refractivity contribution in [3.05, 3.63) is 23.5 Å². The molecule has 1 aromatic heterocycles. The first kappa shape index (κ1) is 8.86. The minimum Gasteiger partial charge on any atom is -0.342 e. The lowest BCUT2D eigenvalue weighted by Crippen LogP contribution is -2.12. The van der Waals surface area contributed by atoms with Gasteiger partial charge in [-0.1, -0.05) is 20.8 Å². The molecule has 0 aromatic carbocycles. The Bertz CT molecular complexity index is 321. The first-order valence-electron chi connectivity index (χ1n) is 4.02. The molecule has 0 aliphatic heterocycles. The van der Waals surface area contributed by atoms with Crippen LogP contribution in [0.2, 0.25) is 0 Å². The molecule has 0 radical (unpaired) electrons. The molecule has 64 valence electrons. The molecule has 0 N–H and O–H groups in total. The fraction of sp³-hybridized carbons (Fsp3) is 0.500. The minimum absolute atomic E-state index is 0.0618. The van der Waals surface area contributed by atoms with Gasteiger partial charge in [0, 0.05) is 13.2 Å². The van der Waals surface area contributed by atoms with Gasteiger partial charge in [-0.05, 0) is 17.0 Å². The van der Waals surface area contributed by atoms with E-state index in [1.54, 1.807) is 0 Å². The van der Waals surface area contributed by atoms with Crippen molar-refractivity contribution >= 4 is 0 Å². The average Bonchev–Trinajstić information content (AvgIpc) is 2.29. The van der Waals surface area contributed by atoms with Crippen LogP contribution in [0.15, 0.2) is 12.3 Å². The first-order chi connectivity index (χ1) is 5.46. The van der Waals surface area contributed by atoms with Gasteiger partial charge in [0.25, 0.3) is 0 Å². The van der Waals surface area contributed by atoms with Crippen LogP contribution in [-0.2, 0) is 12.5 Å². The topological polar surface area (TPSA) is 28.7 Å². The summed E-state index contributed by atoms with van der Waals surface area (Å²) < 4.78 is 1.86. The van der Waals surface area contributed by atoms with Crippen molar-refractivity contribution in [1.82, 2.24) is 4.57 Å². The Balaban J connectivity index is 3.28. The molecule has 1 heterocycles. The lowest BCUT2D eigenvalue weighted by Gasteiger charge is -2.17.